The SMILES string of the molecule is COC(=O)[C@H](C)OC(=O)Cn1cc[n+](C)c1.[Br-]. The molecule has 0 N–H and O–H groups in total. The lowest BCUT2D eigenvalue weighted by Crippen LogP contribution is -3.00. The molecule has 0 aromatic carbocycles. The van der Waals surface area contributed by atoms with E-state index in [1.165, 1.54) is 14.0 Å². The van der Waals surface area contributed by atoms with E-state index in [1.54, 1.807) is 27.9 Å². The molecule has 0 unspecified atom stereocenters. The van der Waals surface area contributed by atoms with E-state index < -0.39 is 18.0 Å². The van der Waals surface area contributed by atoms with Crippen LogP contribution in [0.5, 0.6) is 0 Å². The number of ether oxygens (including phenoxy) is 2. The van der Waals surface area contributed by atoms with Crippen molar-refractivity contribution in [1.29, 1.82) is 0 Å². The highest BCUT2D eigenvalue weighted by atomic mass is 79.9. The average molecular weight is 307 g/mol. The molecule has 0 aliphatic heterocycles. The van der Waals surface area contributed by atoms with Crippen molar-refractivity contribution in [3.8, 4) is 0 Å². The maximum absolute atomic E-state index is 11.4. The second kappa shape index (κ2) is 7.05. The second-order valence-electron chi connectivity index (χ2n) is 3.41. The third-order valence-electron chi connectivity index (χ3n) is 1.98. The van der Waals surface area contributed by atoms with Crippen LogP contribution >= 0.6 is 0 Å². The summed E-state index contributed by atoms with van der Waals surface area (Å²) in [5, 5.41) is 0. The molecule has 0 aliphatic rings. The quantitative estimate of drug-likeness (QED) is 0.426. The zero-order valence-corrected chi connectivity index (χ0v) is 11.5. The van der Waals surface area contributed by atoms with Crippen molar-refractivity contribution in [3.63, 3.8) is 0 Å². The molecule has 0 bridgehead atoms. The van der Waals surface area contributed by atoms with Crippen LogP contribution in [-0.2, 0) is 32.7 Å². The van der Waals surface area contributed by atoms with Gasteiger partial charge in [-0.3, -0.25) is 0 Å². The van der Waals surface area contributed by atoms with Gasteiger partial charge < -0.3 is 26.5 Å². The van der Waals surface area contributed by atoms with Gasteiger partial charge in [0.25, 0.3) is 0 Å². The van der Waals surface area contributed by atoms with Gasteiger partial charge in [0.1, 0.15) is 12.4 Å². The molecule has 1 heterocycles. The molecule has 0 spiro atoms. The number of rotatable bonds is 4. The van der Waals surface area contributed by atoms with Gasteiger partial charge in [0.2, 0.25) is 6.33 Å². The van der Waals surface area contributed by atoms with E-state index in [2.05, 4.69) is 4.74 Å². The van der Waals surface area contributed by atoms with Gasteiger partial charge in [0.15, 0.2) is 12.6 Å². The molecule has 0 fully saturated rings. The predicted molar refractivity (Wildman–Crippen MR) is 53.2 cm³/mol. The maximum Gasteiger partial charge on any atom is 0.349 e. The molecular formula is C10H15BrN2O4. The number of carbonyl (C=O) groups is 2. The molecular weight excluding hydrogens is 292 g/mol. The van der Waals surface area contributed by atoms with E-state index in [9.17, 15) is 9.59 Å². The van der Waals surface area contributed by atoms with E-state index in [-0.39, 0.29) is 23.5 Å². The molecule has 0 amide bonds. The predicted octanol–water partition coefficient (Wildman–Crippen LogP) is -3.58. The van der Waals surface area contributed by atoms with Crippen molar-refractivity contribution in [2.45, 2.75) is 19.6 Å². The number of halogens is 1. The van der Waals surface area contributed by atoms with E-state index in [0.717, 1.165) is 0 Å². The summed E-state index contributed by atoms with van der Waals surface area (Å²) in [4.78, 5) is 22.4. The first-order valence-corrected chi connectivity index (χ1v) is 4.81. The fourth-order valence-electron chi connectivity index (χ4n) is 1.19. The number of aryl methyl sites for hydroxylation is 1. The second-order valence-corrected chi connectivity index (χ2v) is 3.41. The first-order chi connectivity index (χ1) is 7.52. The van der Waals surface area contributed by atoms with Crippen LogP contribution in [0.2, 0.25) is 0 Å². The van der Waals surface area contributed by atoms with Gasteiger partial charge >= 0.3 is 11.9 Å². The Hall–Kier alpha value is -1.37. The fourth-order valence-corrected chi connectivity index (χ4v) is 1.19. The smallest absolute Gasteiger partial charge is 0.349 e. The summed E-state index contributed by atoms with van der Waals surface area (Å²) in [6.45, 7) is 1.54. The lowest BCUT2D eigenvalue weighted by atomic mass is 10.4. The lowest BCUT2D eigenvalue weighted by molar-refractivity contribution is -0.671. The largest absolute Gasteiger partial charge is 1.00 e. The topological polar surface area (TPSA) is 61.4 Å². The molecule has 7 heteroatoms. The van der Waals surface area contributed by atoms with E-state index >= 15 is 0 Å². The van der Waals surface area contributed by atoms with Crippen LogP contribution in [-0.4, -0.2) is 29.7 Å². The summed E-state index contributed by atoms with van der Waals surface area (Å²) >= 11 is 0. The van der Waals surface area contributed by atoms with Crippen molar-refractivity contribution in [2.24, 2.45) is 7.05 Å². The highest BCUT2D eigenvalue weighted by molar-refractivity contribution is 5.78. The van der Waals surface area contributed by atoms with Gasteiger partial charge in [0.05, 0.1) is 14.2 Å². The first-order valence-electron chi connectivity index (χ1n) is 4.81. The summed E-state index contributed by atoms with van der Waals surface area (Å²) in [5.74, 6) is -1.04. The molecule has 1 aromatic rings. The van der Waals surface area contributed by atoms with Crippen molar-refractivity contribution in [3.05, 3.63) is 18.7 Å². The molecule has 1 atom stereocenters. The minimum absolute atomic E-state index is 0. The lowest BCUT2D eigenvalue weighted by Gasteiger charge is -2.09. The monoisotopic (exact) mass is 306 g/mol. The molecule has 96 valence electrons. The molecule has 0 aliphatic carbocycles. The van der Waals surface area contributed by atoms with Crippen LogP contribution in [0.25, 0.3) is 0 Å². The van der Waals surface area contributed by atoms with Crippen LogP contribution in [0, 0.1) is 0 Å². The van der Waals surface area contributed by atoms with Gasteiger partial charge in [-0.25, -0.2) is 18.7 Å². The summed E-state index contributed by atoms with van der Waals surface area (Å²) in [6.07, 6.45) is 4.41. The number of hydrogen-bond acceptors (Lipinski definition) is 4. The molecule has 0 saturated carbocycles. The number of nitrogens with zero attached hydrogens (tertiary/aromatic N) is 2. The third-order valence-corrected chi connectivity index (χ3v) is 1.98. The number of esters is 2. The number of carbonyl (C=O) groups excluding carboxylic acids is 2. The molecule has 0 saturated heterocycles. The van der Waals surface area contributed by atoms with Crippen molar-refractivity contribution < 1.29 is 40.6 Å². The maximum atomic E-state index is 11.4. The number of imidazole rings is 1. The minimum atomic E-state index is -0.873. The molecule has 1 aromatic heterocycles. The Labute approximate surface area is 110 Å². The van der Waals surface area contributed by atoms with Gasteiger partial charge in [-0.2, -0.15) is 0 Å². The van der Waals surface area contributed by atoms with E-state index in [1.807, 2.05) is 7.05 Å². The van der Waals surface area contributed by atoms with Crippen molar-refractivity contribution in [1.82, 2.24) is 4.57 Å². The Morgan fingerprint density at radius 1 is 1.47 bits per heavy atom. The highest BCUT2D eigenvalue weighted by Gasteiger charge is 2.19. The summed E-state index contributed by atoms with van der Waals surface area (Å²) in [6, 6.07) is 0. The summed E-state index contributed by atoms with van der Waals surface area (Å²) in [7, 11) is 3.09. The summed E-state index contributed by atoms with van der Waals surface area (Å²) < 4.78 is 12.8. The van der Waals surface area contributed by atoms with Crippen molar-refractivity contribution >= 4 is 11.9 Å². The van der Waals surface area contributed by atoms with Crippen molar-refractivity contribution in [2.75, 3.05) is 7.11 Å². The Bertz CT molecular complexity index is 391. The van der Waals surface area contributed by atoms with Gasteiger partial charge in [-0.05, 0) is 6.92 Å². The zero-order chi connectivity index (χ0) is 12.1. The third kappa shape index (κ3) is 4.99. The normalized spacial score (nSPS) is 11.2. The zero-order valence-electron chi connectivity index (χ0n) is 9.92. The van der Waals surface area contributed by atoms with Crippen LogP contribution in [0.1, 0.15) is 6.92 Å². The molecule has 17 heavy (non-hydrogen) atoms. The summed E-state index contributed by atoms with van der Waals surface area (Å²) in [5.41, 5.74) is 0. The number of methoxy groups -OCH3 is 1. The average Bonchev–Trinajstić information content (AvgIpc) is 2.62. The first kappa shape index (κ1) is 15.6. The standard InChI is InChI=1S/C10H15N2O4.BrH/c1-8(10(14)15-3)16-9(13)6-12-5-4-11(2)7-12;/h4-5,7-8H,6H2,1-3H3;1H/q+1;/p-1/t8-;/m0./s1. The van der Waals surface area contributed by atoms with Gasteiger partial charge in [0, 0.05) is 0 Å². The number of aromatic nitrogens is 2. The minimum Gasteiger partial charge on any atom is -1.00 e. The Balaban J connectivity index is 0.00000256. The molecule has 1 rings (SSSR count). The van der Waals surface area contributed by atoms with Crippen LogP contribution in [0.3, 0.4) is 0 Å². The van der Waals surface area contributed by atoms with E-state index in [0.29, 0.717) is 0 Å². The Kier molecular flexibility index (Phi) is 6.48. The number of hydrogen-bond donors (Lipinski definition) is 0. The van der Waals surface area contributed by atoms with Gasteiger partial charge in [-0.1, -0.05) is 0 Å². The molecule has 6 nitrogen and oxygen atoms in total. The van der Waals surface area contributed by atoms with Crippen LogP contribution < -0.4 is 21.5 Å². The van der Waals surface area contributed by atoms with Gasteiger partial charge in [-0.15, -0.1) is 0 Å². The van der Waals surface area contributed by atoms with E-state index in [4.69, 9.17) is 4.74 Å². The van der Waals surface area contributed by atoms with Crippen LogP contribution in [0.4, 0.5) is 0 Å². The fraction of sp³-hybridized carbons (Fsp3) is 0.500. The molecule has 0 radical (unpaired) electrons. The Morgan fingerprint density at radius 2 is 2.12 bits per heavy atom. The Morgan fingerprint density at radius 3 is 2.59 bits per heavy atom. The highest BCUT2D eigenvalue weighted by Crippen LogP contribution is 1.96. The van der Waals surface area contributed by atoms with Crippen LogP contribution in [0.15, 0.2) is 18.7 Å².